The minimum atomic E-state index is 1.33. The van der Waals surface area contributed by atoms with Gasteiger partial charge in [-0.05, 0) is 53.4 Å². The molecule has 0 spiro atoms. The Kier molecular flexibility index (Phi) is 2.19. The van der Waals surface area contributed by atoms with Crippen LogP contribution in [0.4, 0.5) is 0 Å². The molecule has 0 bridgehead atoms. The number of hydrogen-bond donors (Lipinski definition) is 0. The van der Waals surface area contributed by atoms with Crippen molar-refractivity contribution in [2.45, 2.75) is 20.8 Å². The topological polar surface area (TPSA) is 0 Å². The van der Waals surface area contributed by atoms with Crippen LogP contribution in [0.25, 0.3) is 21.5 Å². The molecule has 3 aromatic rings. The highest BCUT2D eigenvalue weighted by molar-refractivity contribution is 6.10. The third-order valence-electron chi connectivity index (χ3n) is 3.76. The van der Waals surface area contributed by atoms with Crippen molar-refractivity contribution < 1.29 is 0 Å². The van der Waals surface area contributed by atoms with E-state index in [0.717, 1.165) is 0 Å². The van der Waals surface area contributed by atoms with Crippen LogP contribution >= 0.6 is 0 Å². The summed E-state index contributed by atoms with van der Waals surface area (Å²) in [5.74, 6) is 0. The number of aryl methyl sites for hydroxylation is 3. The van der Waals surface area contributed by atoms with Gasteiger partial charge in [0.1, 0.15) is 0 Å². The first-order chi connectivity index (χ1) is 8.18. The lowest BCUT2D eigenvalue weighted by Crippen LogP contribution is -1.88. The van der Waals surface area contributed by atoms with E-state index in [-0.39, 0.29) is 0 Å². The van der Waals surface area contributed by atoms with Crippen LogP contribution in [0.2, 0.25) is 0 Å². The summed E-state index contributed by atoms with van der Waals surface area (Å²) in [6.45, 7) is 6.60. The third kappa shape index (κ3) is 1.44. The summed E-state index contributed by atoms with van der Waals surface area (Å²) < 4.78 is 0. The Morgan fingerprint density at radius 2 is 1.18 bits per heavy atom. The zero-order chi connectivity index (χ0) is 12.0. The van der Waals surface area contributed by atoms with E-state index in [2.05, 4.69) is 63.2 Å². The molecule has 0 aliphatic rings. The standard InChI is InChI=1S/C17H16/c1-11-8-9-16-15-7-5-4-6-14(15)12(2)13(3)17(16)10-11/h4-10H,1-3H3. The van der Waals surface area contributed by atoms with E-state index in [0.29, 0.717) is 0 Å². The van der Waals surface area contributed by atoms with Crippen molar-refractivity contribution in [2.24, 2.45) is 0 Å². The monoisotopic (exact) mass is 220 g/mol. The van der Waals surface area contributed by atoms with Gasteiger partial charge in [0.2, 0.25) is 0 Å². The van der Waals surface area contributed by atoms with Crippen LogP contribution in [-0.4, -0.2) is 0 Å². The van der Waals surface area contributed by atoms with Crippen LogP contribution in [0.1, 0.15) is 16.7 Å². The molecule has 3 rings (SSSR count). The molecule has 0 fully saturated rings. The van der Waals surface area contributed by atoms with E-state index in [1.54, 1.807) is 0 Å². The molecule has 0 saturated carbocycles. The van der Waals surface area contributed by atoms with Crippen LogP contribution in [-0.2, 0) is 0 Å². The first kappa shape index (κ1) is 10.3. The minimum Gasteiger partial charge on any atom is -0.0616 e. The Hall–Kier alpha value is -1.82. The van der Waals surface area contributed by atoms with Crippen molar-refractivity contribution in [3.63, 3.8) is 0 Å². The normalized spacial score (nSPS) is 11.2. The SMILES string of the molecule is Cc1ccc2c(c1)c(C)c(C)c1ccccc12. The lowest BCUT2D eigenvalue weighted by Gasteiger charge is -2.12. The second kappa shape index (κ2) is 3.59. The molecule has 84 valence electrons. The molecule has 0 heterocycles. The van der Waals surface area contributed by atoms with E-state index >= 15 is 0 Å². The summed E-state index contributed by atoms with van der Waals surface area (Å²) in [5.41, 5.74) is 4.14. The molecule has 0 amide bonds. The Morgan fingerprint density at radius 3 is 1.94 bits per heavy atom. The van der Waals surface area contributed by atoms with Gasteiger partial charge < -0.3 is 0 Å². The maximum absolute atomic E-state index is 2.30. The van der Waals surface area contributed by atoms with Gasteiger partial charge >= 0.3 is 0 Å². The molecule has 0 aliphatic heterocycles. The Labute approximate surface area is 102 Å². The Bertz CT molecular complexity index is 721. The largest absolute Gasteiger partial charge is 0.0616 e. The van der Waals surface area contributed by atoms with Gasteiger partial charge in [-0.3, -0.25) is 0 Å². The number of hydrogen-bond acceptors (Lipinski definition) is 0. The molecule has 0 N–H and O–H groups in total. The van der Waals surface area contributed by atoms with Crippen LogP contribution in [0.5, 0.6) is 0 Å². The zero-order valence-electron chi connectivity index (χ0n) is 10.5. The van der Waals surface area contributed by atoms with E-state index < -0.39 is 0 Å². The van der Waals surface area contributed by atoms with Gasteiger partial charge in [0.15, 0.2) is 0 Å². The molecular formula is C17H16. The molecule has 0 aromatic heterocycles. The van der Waals surface area contributed by atoms with Gasteiger partial charge in [-0.25, -0.2) is 0 Å². The molecular weight excluding hydrogens is 204 g/mol. The predicted molar refractivity (Wildman–Crippen MR) is 75.7 cm³/mol. The molecule has 0 aliphatic carbocycles. The second-order valence-electron chi connectivity index (χ2n) is 4.84. The van der Waals surface area contributed by atoms with E-state index in [4.69, 9.17) is 0 Å². The van der Waals surface area contributed by atoms with Crippen LogP contribution < -0.4 is 0 Å². The maximum atomic E-state index is 2.30. The number of rotatable bonds is 0. The smallest absolute Gasteiger partial charge is 0.0102 e. The molecule has 0 saturated heterocycles. The lowest BCUT2D eigenvalue weighted by molar-refractivity contribution is 1.40. The Balaban J connectivity index is 2.65. The first-order valence-electron chi connectivity index (χ1n) is 6.07. The van der Waals surface area contributed by atoms with Gasteiger partial charge in [0, 0.05) is 0 Å². The zero-order valence-corrected chi connectivity index (χ0v) is 10.5. The second-order valence-corrected chi connectivity index (χ2v) is 4.84. The Morgan fingerprint density at radius 1 is 0.588 bits per heavy atom. The summed E-state index contributed by atoms with van der Waals surface area (Å²) in [7, 11) is 0. The first-order valence-corrected chi connectivity index (χ1v) is 6.07. The molecule has 0 heteroatoms. The maximum Gasteiger partial charge on any atom is -0.0102 e. The molecule has 17 heavy (non-hydrogen) atoms. The van der Waals surface area contributed by atoms with Crippen LogP contribution in [0, 0.1) is 20.8 Å². The molecule has 0 nitrogen and oxygen atoms in total. The number of benzene rings is 3. The lowest BCUT2D eigenvalue weighted by atomic mass is 9.92. The summed E-state index contributed by atoms with van der Waals surface area (Å²) >= 11 is 0. The van der Waals surface area contributed by atoms with Crippen molar-refractivity contribution in [1.29, 1.82) is 0 Å². The average Bonchev–Trinajstić information content (AvgIpc) is 2.36. The predicted octanol–water partition coefficient (Wildman–Crippen LogP) is 4.92. The van der Waals surface area contributed by atoms with Gasteiger partial charge in [0.25, 0.3) is 0 Å². The number of fused-ring (bicyclic) bond motifs is 3. The fourth-order valence-corrected chi connectivity index (χ4v) is 2.65. The van der Waals surface area contributed by atoms with Crippen molar-refractivity contribution >= 4 is 21.5 Å². The van der Waals surface area contributed by atoms with E-state index in [9.17, 15) is 0 Å². The minimum absolute atomic E-state index is 1.33. The molecule has 3 aromatic carbocycles. The summed E-state index contributed by atoms with van der Waals surface area (Å²) in [5, 5.41) is 5.50. The average molecular weight is 220 g/mol. The van der Waals surface area contributed by atoms with Gasteiger partial charge in [0.05, 0.1) is 0 Å². The molecule has 0 atom stereocenters. The quantitative estimate of drug-likeness (QED) is 0.472. The third-order valence-corrected chi connectivity index (χ3v) is 3.76. The van der Waals surface area contributed by atoms with Crippen LogP contribution in [0.3, 0.4) is 0 Å². The van der Waals surface area contributed by atoms with Crippen LogP contribution in [0.15, 0.2) is 42.5 Å². The van der Waals surface area contributed by atoms with Crippen molar-refractivity contribution in [3.05, 3.63) is 59.2 Å². The highest BCUT2D eigenvalue weighted by Crippen LogP contribution is 2.32. The fourth-order valence-electron chi connectivity index (χ4n) is 2.65. The van der Waals surface area contributed by atoms with Crippen molar-refractivity contribution in [2.75, 3.05) is 0 Å². The summed E-state index contributed by atoms with van der Waals surface area (Å²) in [6, 6.07) is 15.4. The summed E-state index contributed by atoms with van der Waals surface area (Å²) in [6.07, 6.45) is 0. The highest BCUT2D eigenvalue weighted by Gasteiger charge is 2.07. The van der Waals surface area contributed by atoms with Crippen molar-refractivity contribution in [1.82, 2.24) is 0 Å². The van der Waals surface area contributed by atoms with Gasteiger partial charge in [-0.1, -0.05) is 48.0 Å². The van der Waals surface area contributed by atoms with E-state index in [1.807, 2.05) is 0 Å². The van der Waals surface area contributed by atoms with Crippen molar-refractivity contribution in [3.8, 4) is 0 Å². The molecule has 0 radical (unpaired) electrons. The van der Waals surface area contributed by atoms with Gasteiger partial charge in [-0.15, -0.1) is 0 Å². The fraction of sp³-hybridized carbons (Fsp3) is 0.176. The summed E-state index contributed by atoms with van der Waals surface area (Å²) in [4.78, 5) is 0. The van der Waals surface area contributed by atoms with E-state index in [1.165, 1.54) is 38.2 Å². The van der Waals surface area contributed by atoms with Gasteiger partial charge in [-0.2, -0.15) is 0 Å². The highest BCUT2D eigenvalue weighted by atomic mass is 14.1. The molecule has 0 unspecified atom stereocenters.